The van der Waals surface area contributed by atoms with E-state index in [0.717, 1.165) is 28.2 Å². The fourth-order valence-corrected chi connectivity index (χ4v) is 7.87. The van der Waals surface area contributed by atoms with Crippen LogP contribution in [0.5, 0.6) is 5.75 Å². The predicted molar refractivity (Wildman–Crippen MR) is 158 cm³/mol. The maximum absolute atomic E-state index is 12.9. The average molecular weight is 652 g/mol. The Labute approximate surface area is 246 Å². The van der Waals surface area contributed by atoms with Crippen LogP contribution < -0.4 is 10.1 Å². The van der Waals surface area contributed by atoms with Gasteiger partial charge in [-0.2, -0.15) is 0 Å². The minimum atomic E-state index is -3.39. The van der Waals surface area contributed by atoms with Gasteiger partial charge in [0.25, 0.3) is 0 Å². The molecule has 12 heteroatoms. The number of sulfonamides is 1. The highest BCUT2D eigenvalue weighted by Gasteiger charge is 2.29. The molecule has 0 radical (unpaired) electrons. The lowest BCUT2D eigenvalue weighted by Crippen LogP contribution is -2.42. The zero-order valence-corrected chi connectivity index (χ0v) is 25.4. The van der Waals surface area contributed by atoms with Gasteiger partial charge in [-0.1, -0.05) is 42.5 Å². The summed E-state index contributed by atoms with van der Waals surface area (Å²) < 4.78 is 38.4. The Balaban J connectivity index is 1.42. The molecule has 0 spiro atoms. The van der Waals surface area contributed by atoms with Gasteiger partial charge in [-0.3, -0.25) is 0 Å². The quantitative estimate of drug-likeness (QED) is 0.257. The highest BCUT2D eigenvalue weighted by molar-refractivity contribution is 9.10. The molecule has 1 aliphatic rings. The van der Waals surface area contributed by atoms with Crippen molar-refractivity contribution in [3.05, 3.63) is 69.5 Å². The van der Waals surface area contributed by atoms with E-state index in [1.807, 2.05) is 54.6 Å². The molecule has 0 saturated carbocycles. The van der Waals surface area contributed by atoms with Crippen LogP contribution in [0.2, 0.25) is 0 Å². The maximum atomic E-state index is 12.9. The molecule has 1 aliphatic heterocycles. The highest BCUT2D eigenvalue weighted by Crippen LogP contribution is 2.46. The number of carboxylic acid groups (broad SMARTS) is 1. The number of thiophene rings is 1. The Morgan fingerprint density at radius 3 is 2.48 bits per heavy atom. The molecule has 2 aromatic carbocycles. The third-order valence-corrected chi connectivity index (χ3v) is 10.3. The second-order valence-electron chi connectivity index (χ2n) is 9.68. The second kappa shape index (κ2) is 13.2. The van der Waals surface area contributed by atoms with Gasteiger partial charge in [-0.15, -0.1) is 11.3 Å². The number of esters is 1. The van der Waals surface area contributed by atoms with Crippen molar-refractivity contribution in [1.29, 1.82) is 0 Å². The first-order valence-electron chi connectivity index (χ1n) is 12.8. The first-order chi connectivity index (χ1) is 19.0. The molecule has 3 aromatic rings. The molecule has 0 atom stereocenters. The van der Waals surface area contributed by atoms with Crippen LogP contribution in [0.15, 0.2) is 59.1 Å². The third kappa shape index (κ3) is 7.62. The SMILES string of the molecule is CC(C)OC(=O)COc1c(C(=O)O)sc(-c2cccc(NC3CCN(S(=O)(=O)Cc4ccccc4)CC3)c2)c1Br. The Morgan fingerprint density at radius 1 is 1.12 bits per heavy atom. The van der Waals surface area contributed by atoms with Crippen molar-refractivity contribution in [1.82, 2.24) is 4.31 Å². The number of piperidine rings is 1. The van der Waals surface area contributed by atoms with Crippen molar-refractivity contribution >= 4 is 54.9 Å². The molecule has 0 amide bonds. The van der Waals surface area contributed by atoms with Crippen molar-refractivity contribution in [3.8, 4) is 16.2 Å². The van der Waals surface area contributed by atoms with E-state index in [2.05, 4.69) is 21.2 Å². The monoisotopic (exact) mass is 650 g/mol. The highest BCUT2D eigenvalue weighted by atomic mass is 79.9. The smallest absolute Gasteiger partial charge is 0.349 e. The van der Waals surface area contributed by atoms with Crippen molar-refractivity contribution in [2.24, 2.45) is 0 Å². The normalized spacial score (nSPS) is 14.7. The zero-order chi connectivity index (χ0) is 28.9. The van der Waals surface area contributed by atoms with E-state index in [9.17, 15) is 23.1 Å². The first kappa shape index (κ1) is 30.0. The van der Waals surface area contributed by atoms with Crippen LogP contribution in [-0.4, -0.2) is 61.6 Å². The van der Waals surface area contributed by atoms with Crippen molar-refractivity contribution < 1.29 is 32.6 Å². The zero-order valence-electron chi connectivity index (χ0n) is 22.1. The minimum Gasteiger partial charge on any atom is -0.479 e. The van der Waals surface area contributed by atoms with Crippen molar-refractivity contribution in [2.45, 2.75) is 44.6 Å². The van der Waals surface area contributed by atoms with Gasteiger partial charge in [-0.05, 0) is 65.9 Å². The second-order valence-corrected chi connectivity index (χ2v) is 13.5. The summed E-state index contributed by atoms with van der Waals surface area (Å²) in [5.74, 6) is -1.67. The summed E-state index contributed by atoms with van der Waals surface area (Å²) in [7, 11) is -3.39. The molecule has 1 fully saturated rings. The fourth-order valence-electron chi connectivity index (χ4n) is 4.42. The van der Waals surface area contributed by atoms with E-state index in [1.165, 1.54) is 0 Å². The number of carbonyl (C=O) groups excluding carboxylic acids is 1. The fraction of sp³-hybridized carbons (Fsp3) is 0.357. The summed E-state index contributed by atoms with van der Waals surface area (Å²) in [6.45, 7) is 3.90. The molecule has 214 valence electrons. The van der Waals surface area contributed by atoms with Gasteiger partial charge in [0, 0.05) is 24.8 Å². The molecule has 2 heterocycles. The van der Waals surface area contributed by atoms with Crippen LogP contribution in [0.3, 0.4) is 0 Å². The van der Waals surface area contributed by atoms with E-state index in [-0.39, 0.29) is 28.5 Å². The van der Waals surface area contributed by atoms with Crippen LogP contribution in [-0.2, 0) is 25.3 Å². The number of nitrogens with one attached hydrogen (secondary N) is 1. The van der Waals surface area contributed by atoms with Crippen LogP contribution in [0.4, 0.5) is 5.69 Å². The number of ether oxygens (including phenoxy) is 2. The Bertz CT molecular complexity index is 1450. The van der Waals surface area contributed by atoms with Crippen LogP contribution in [0, 0.1) is 0 Å². The molecular formula is C28H31BrN2O7S2. The van der Waals surface area contributed by atoms with E-state index in [4.69, 9.17) is 9.47 Å². The largest absolute Gasteiger partial charge is 0.479 e. The number of halogens is 1. The lowest BCUT2D eigenvalue weighted by Gasteiger charge is -2.32. The van der Waals surface area contributed by atoms with Crippen molar-refractivity contribution in [3.63, 3.8) is 0 Å². The number of hydrogen-bond acceptors (Lipinski definition) is 8. The number of aromatic carboxylic acids is 1. The number of nitrogens with zero attached hydrogens (tertiary/aromatic N) is 1. The summed E-state index contributed by atoms with van der Waals surface area (Å²) in [5, 5.41) is 13.2. The number of benzene rings is 2. The summed E-state index contributed by atoms with van der Waals surface area (Å²) in [4.78, 5) is 24.5. The van der Waals surface area contributed by atoms with Crippen molar-refractivity contribution in [2.75, 3.05) is 25.0 Å². The summed E-state index contributed by atoms with van der Waals surface area (Å²) >= 11 is 4.51. The average Bonchev–Trinajstić information content (AvgIpc) is 3.24. The molecule has 0 aliphatic carbocycles. The number of hydrogen-bond donors (Lipinski definition) is 2. The van der Waals surface area contributed by atoms with E-state index in [0.29, 0.717) is 35.3 Å². The molecule has 9 nitrogen and oxygen atoms in total. The standard InChI is InChI=1S/C28H31BrN2O7S2/c1-18(2)38-23(32)16-37-25-24(29)26(39-27(25)28(33)34)20-9-6-10-22(15-20)30-21-11-13-31(14-12-21)40(35,36)17-19-7-4-3-5-8-19/h3-10,15,18,21,30H,11-14,16-17H2,1-2H3,(H,33,34). The van der Waals surface area contributed by atoms with Gasteiger partial charge in [0.1, 0.15) is 0 Å². The number of carboxylic acids is 1. The van der Waals surface area contributed by atoms with Crippen LogP contribution in [0.1, 0.15) is 41.9 Å². The first-order valence-corrected chi connectivity index (χ1v) is 16.0. The molecule has 40 heavy (non-hydrogen) atoms. The molecular weight excluding hydrogens is 620 g/mol. The van der Waals surface area contributed by atoms with Gasteiger partial charge in [0.2, 0.25) is 10.0 Å². The lowest BCUT2D eigenvalue weighted by molar-refractivity contribution is -0.149. The third-order valence-electron chi connectivity index (χ3n) is 6.24. The van der Waals surface area contributed by atoms with Gasteiger partial charge in [0.15, 0.2) is 17.2 Å². The maximum Gasteiger partial charge on any atom is 0.349 e. The number of carbonyl (C=O) groups is 2. The van der Waals surface area contributed by atoms with Crippen LogP contribution >= 0.6 is 27.3 Å². The Kier molecular flexibility index (Phi) is 9.88. The lowest BCUT2D eigenvalue weighted by atomic mass is 10.1. The predicted octanol–water partition coefficient (Wildman–Crippen LogP) is 5.61. The van der Waals surface area contributed by atoms with E-state index >= 15 is 0 Å². The van der Waals surface area contributed by atoms with E-state index in [1.54, 1.807) is 18.2 Å². The molecule has 1 aromatic heterocycles. The molecule has 0 bridgehead atoms. The Hall–Kier alpha value is -2.93. The van der Waals surface area contributed by atoms with Gasteiger partial charge in [-0.25, -0.2) is 22.3 Å². The number of anilines is 1. The van der Waals surface area contributed by atoms with Gasteiger partial charge >= 0.3 is 11.9 Å². The topological polar surface area (TPSA) is 122 Å². The number of rotatable bonds is 11. The minimum absolute atomic E-state index is 0.00733. The van der Waals surface area contributed by atoms with Crippen LogP contribution in [0.25, 0.3) is 10.4 Å². The van der Waals surface area contributed by atoms with E-state index < -0.39 is 28.6 Å². The summed E-state index contributed by atoms with van der Waals surface area (Å²) in [6.07, 6.45) is 1.01. The molecule has 0 unspecified atom stereocenters. The Morgan fingerprint density at radius 2 is 1.82 bits per heavy atom. The molecule has 4 rings (SSSR count). The molecule has 2 N–H and O–H groups in total. The summed E-state index contributed by atoms with van der Waals surface area (Å²) in [6, 6.07) is 16.8. The summed E-state index contributed by atoms with van der Waals surface area (Å²) in [5.41, 5.74) is 2.38. The molecule has 1 saturated heterocycles. The van der Waals surface area contributed by atoms with Gasteiger partial charge in [0.05, 0.1) is 21.2 Å². The van der Waals surface area contributed by atoms with Gasteiger partial charge < -0.3 is 19.9 Å².